The predicted octanol–water partition coefficient (Wildman–Crippen LogP) is 4.25. The van der Waals surface area contributed by atoms with Crippen molar-refractivity contribution in [1.29, 1.82) is 0 Å². The molecule has 0 bridgehead atoms. The summed E-state index contributed by atoms with van der Waals surface area (Å²) in [5.41, 5.74) is 1.50. The van der Waals surface area contributed by atoms with Crippen LogP contribution in [0.5, 0.6) is 28.7 Å². The number of rotatable bonds is 10. The van der Waals surface area contributed by atoms with Gasteiger partial charge < -0.3 is 28.4 Å². The minimum absolute atomic E-state index is 0.0888. The molecule has 2 atom stereocenters. The number of ether oxygens (including phenoxy) is 6. The fraction of sp³-hybridized carbons (Fsp3) is 0.500. The Hall–Kier alpha value is -3.73. The third kappa shape index (κ3) is 4.37. The Morgan fingerprint density at radius 2 is 1.59 bits per heavy atom. The van der Waals surface area contributed by atoms with Crippen LogP contribution in [0.2, 0.25) is 0 Å². The van der Waals surface area contributed by atoms with Gasteiger partial charge in [-0.05, 0) is 57.5 Å². The molecule has 11 nitrogen and oxygen atoms in total. The van der Waals surface area contributed by atoms with Crippen molar-refractivity contribution in [1.82, 2.24) is 4.90 Å². The van der Waals surface area contributed by atoms with Crippen LogP contribution in [0, 0.1) is 10.1 Å². The molecule has 2 heterocycles. The van der Waals surface area contributed by atoms with E-state index in [-0.39, 0.29) is 48.2 Å². The topological polar surface area (TPSA) is 119 Å². The van der Waals surface area contributed by atoms with Crippen molar-refractivity contribution in [3.63, 3.8) is 0 Å². The molecular weight excluding hydrogens is 484 g/mol. The summed E-state index contributed by atoms with van der Waals surface area (Å²) in [7, 11) is 5.05. The highest BCUT2D eigenvalue weighted by Gasteiger charge is 2.50. The van der Waals surface area contributed by atoms with Gasteiger partial charge in [-0.2, -0.15) is 0 Å². The maximum Gasteiger partial charge on any atom is 0.346 e. The standard InChI is InChI=1S/C26H32N2O9/c1-7-34-23-19-18(21(28(30)31)24(35-8-2)25(23)36-9-3)26(29)37-22(19)20-15-13-17(33-6)16(32-5)12-14(15)10-11-27(20)4/h12-13,20,22H,7-11H2,1-6H3. The van der Waals surface area contributed by atoms with Gasteiger partial charge in [0.15, 0.2) is 28.9 Å². The van der Waals surface area contributed by atoms with E-state index in [0.717, 1.165) is 17.5 Å². The van der Waals surface area contributed by atoms with Crippen molar-refractivity contribution < 1.29 is 38.1 Å². The molecule has 0 fully saturated rings. The second-order valence-electron chi connectivity index (χ2n) is 8.59. The van der Waals surface area contributed by atoms with E-state index in [9.17, 15) is 14.9 Å². The molecule has 0 saturated heterocycles. The maximum absolute atomic E-state index is 13.3. The lowest BCUT2D eigenvalue weighted by Gasteiger charge is -2.38. The van der Waals surface area contributed by atoms with Gasteiger partial charge in [-0.3, -0.25) is 15.0 Å². The number of hydrogen-bond acceptors (Lipinski definition) is 10. The summed E-state index contributed by atoms with van der Waals surface area (Å²) >= 11 is 0. The number of nitro groups is 1. The first-order valence-electron chi connectivity index (χ1n) is 12.2. The number of likely N-dealkylation sites (N-methyl/N-ethyl adjacent to an activating group) is 1. The summed E-state index contributed by atoms with van der Waals surface area (Å²) in [6, 6.07) is 3.31. The third-order valence-corrected chi connectivity index (χ3v) is 6.61. The zero-order valence-electron chi connectivity index (χ0n) is 21.9. The predicted molar refractivity (Wildman–Crippen MR) is 133 cm³/mol. The zero-order chi connectivity index (χ0) is 26.9. The molecule has 2 aliphatic rings. The number of hydrogen-bond donors (Lipinski definition) is 0. The van der Waals surface area contributed by atoms with E-state index in [1.165, 1.54) is 0 Å². The summed E-state index contributed by atoms with van der Waals surface area (Å²) in [6.07, 6.45) is -0.165. The fourth-order valence-electron chi connectivity index (χ4n) is 5.13. The Kier molecular flexibility index (Phi) is 7.63. The average Bonchev–Trinajstić information content (AvgIpc) is 3.21. The molecule has 2 aromatic carbocycles. The highest BCUT2D eigenvalue weighted by atomic mass is 16.6. The zero-order valence-corrected chi connectivity index (χ0v) is 21.9. The molecule has 0 spiro atoms. The van der Waals surface area contributed by atoms with Crippen LogP contribution in [0.4, 0.5) is 5.69 Å². The number of carbonyl (C=O) groups excluding carboxylic acids is 1. The van der Waals surface area contributed by atoms with Crippen LogP contribution in [0.3, 0.4) is 0 Å². The third-order valence-electron chi connectivity index (χ3n) is 6.61. The van der Waals surface area contributed by atoms with Crippen LogP contribution in [0.1, 0.15) is 60.0 Å². The van der Waals surface area contributed by atoms with Crippen LogP contribution >= 0.6 is 0 Å². The first-order chi connectivity index (χ1) is 17.8. The second kappa shape index (κ2) is 10.7. The van der Waals surface area contributed by atoms with Crippen molar-refractivity contribution in [2.24, 2.45) is 0 Å². The summed E-state index contributed by atoms with van der Waals surface area (Å²) in [6.45, 7) is 6.48. The highest BCUT2D eigenvalue weighted by Crippen LogP contribution is 2.58. The van der Waals surface area contributed by atoms with Gasteiger partial charge in [-0.15, -0.1) is 0 Å². The number of methoxy groups -OCH3 is 2. The van der Waals surface area contributed by atoms with Gasteiger partial charge in [0.25, 0.3) is 0 Å². The van der Waals surface area contributed by atoms with Crippen molar-refractivity contribution in [2.75, 3.05) is 47.6 Å². The molecule has 11 heteroatoms. The summed E-state index contributed by atoms with van der Waals surface area (Å²) in [5, 5.41) is 12.3. The summed E-state index contributed by atoms with van der Waals surface area (Å²) < 4.78 is 34.5. The Bertz CT molecular complexity index is 1210. The van der Waals surface area contributed by atoms with Crippen LogP contribution in [0.25, 0.3) is 0 Å². The van der Waals surface area contributed by atoms with Gasteiger partial charge in [-0.1, -0.05) is 0 Å². The molecular formula is C26H32N2O9. The van der Waals surface area contributed by atoms with Crippen molar-refractivity contribution in [3.05, 3.63) is 44.5 Å². The van der Waals surface area contributed by atoms with Gasteiger partial charge in [-0.25, -0.2) is 4.79 Å². The number of cyclic esters (lactones) is 1. The Labute approximate surface area is 215 Å². The van der Waals surface area contributed by atoms with E-state index in [0.29, 0.717) is 18.0 Å². The van der Waals surface area contributed by atoms with Gasteiger partial charge in [0.1, 0.15) is 0 Å². The van der Waals surface area contributed by atoms with Crippen LogP contribution < -0.4 is 23.7 Å². The smallest absolute Gasteiger partial charge is 0.346 e. The average molecular weight is 517 g/mol. The van der Waals surface area contributed by atoms with Crippen molar-refractivity contribution >= 4 is 11.7 Å². The second-order valence-corrected chi connectivity index (χ2v) is 8.59. The molecule has 4 rings (SSSR count). The quantitative estimate of drug-likeness (QED) is 0.258. The number of fused-ring (bicyclic) bond motifs is 2. The molecule has 0 N–H and O–H groups in total. The Morgan fingerprint density at radius 3 is 2.19 bits per heavy atom. The van der Waals surface area contributed by atoms with E-state index in [2.05, 4.69) is 4.90 Å². The van der Waals surface area contributed by atoms with Gasteiger partial charge in [0.2, 0.25) is 11.5 Å². The molecule has 0 amide bonds. The van der Waals surface area contributed by atoms with Gasteiger partial charge in [0, 0.05) is 6.54 Å². The molecule has 0 saturated carbocycles. The van der Waals surface area contributed by atoms with E-state index >= 15 is 0 Å². The fourth-order valence-corrected chi connectivity index (χ4v) is 5.13. The molecule has 0 aliphatic carbocycles. The van der Waals surface area contributed by atoms with E-state index in [1.807, 2.05) is 19.2 Å². The molecule has 2 aliphatic heterocycles. The Morgan fingerprint density at radius 1 is 1.00 bits per heavy atom. The summed E-state index contributed by atoms with van der Waals surface area (Å²) in [5.74, 6) is 0.481. The SMILES string of the molecule is CCOc1c(OCC)c2c(c([N+](=O)[O-])c1OCC)C(=O)OC2C1c2cc(OC)c(OC)cc2CCN1C. The number of carbonyl (C=O) groups is 1. The Balaban J connectivity index is 2.02. The van der Waals surface area contributed by atoms with E-state index < -0.39 is 28.7 Å². The largest absolute Gasteiger partial charge is 0.493 e. The number of nitrogens with zero attached hydrogens (tertiary/aromatic N) is 2. The minimum atomic E-state index is -0.903. The van der Waals surface area contributed by atoms with Crippen LogP contribution in [-0.4, -0.2) is 63.4 Å². The lowest BCUT2D eigenvalue weighted by molar-refractivity contribution is -0.386. The number of esters is 1. The van der Waals surface area contributed by atoms with Crippen LogP contribution in [-0.2, 0) is 11.2 Å². The van der Waals surface area contributed by atoms with Gasteiger partial charge >= 0.3 is 11.7 Å². The lowest BCUT2D eigenvalue weighted by Crippen LogP contribution is -2.36. The van der Waals surface area contributed by atoms with Crippen molar-refractivity contribution in [2.45, 2.75) is 39.3 Å². The van der Waals surface area contributed by atoms with Crippen molar-refractivity contribution in [3.8, 4) is 28.7 Å². The molecule has 2 aromatic rings. The molecule has 0 radical (unpaired) electrons. The molecule has 0 aromatic heterocycles. The number of benzene rings is 2. The summed E-state index contributed by atoms with van der Waals surface area (Å²) in [4.78, 5) is 27.1. The normalized spacial score (nSPS) is 18.5. The molecule has 200 valence electrons. The first-order valence-corrected chi connectivity index (χ1v) is 12.2. The van der Waals surface area contributed by atoms with Gasteiger partial charge in [0.05, 0.1) is 50.6 Å². The number of nitro benzene ring substituents is 1. The molecule has 37 heavy (non-hydrogen) atoms. The minimum Gasteiger partial charge on any atom is -0.493 e. The first kappa shape index (κ1) is 26.3. The molecule has 2 unspecified atom stereocenters. The van der Waals surface area contributed by atoms with E-state index in [4.69, 9.17) is 28.4 Å². The maximum atomic E-state index is 13.3. The lowest BCUT2D eigenvalue weighted by atomic mass is 9.85. The van der Waals surface area contributed by atoms with E-state index in [1.54, 1.807) is 35.0 Å². The van der Waals surface area contributed by atoms with Crippen LogP contribution in [0.15, 0.2) is 12.1 Å². The monoisotopic (exact) mass is 516 g/mol. The highest BCUT2D eigenvalue weighted by molar-refractivity contribution is 6.02.